The number of halogens is 1. The van der Waals surface area contributed by atoms with Crippen molar-refractivity contribution in [3.8, 4) is 0 Å². The van der Waals surface area contributed by atoms with E-state index in [-0.39, 0.29) is 18.5 Å². The SMILES string of the molecule is CN(CCCC[C@H](N)C(=O)O)C(=O)OC(C)(C)C.Cl. The normalized spacial score (nSPS) is 12.3. The van der Waals surface area contributed by atoms with E-state index in [0.717, 1.165) is 0 Å². The van der Waals surface area contributed by atoms with Gasteiger partial charge in [-0.15, -0.1) is 12.4 Å². The van der Waals surface area contributed by atoms with Gasteiger partial charge in [0.15, 0.2) is 0 Å². The number of carbonyl (C=O) groups is 2. The fraction of sp³-hybridized carbons (Fsp3) is 0.833. The average molecular weight is 297 g/mol. The second kappa shape index (κ2) is 8.98. The molecular weight excluding hydrogens is 272 g/mol. The van der Waals surface area contributed by atoms with Gasteiger partial charge in [-0.1, -0.05) is 0 Å². The molecule has 7 heteroatoms. The molecule has 0 aliphatic carbocycles. The molecule has 6 nitrogen and oxygen atoms in total. The predicted molar refractivity (Wildman–Crippen MR) is 75.6 cm³/mol. The first-order valence-electron chi connectivity index (χ1n) is 6.06. The Morgan fingerprint density at radius 1 is 1.32 bits per heavy atom. The molecule has 1 atom stereocenters. The molecule has 0 bridgehead atoms. The zero-order valence-corrected chi connectivity index (χ0v) is 12.8. The molecule has 0 saturated carbocycles. The van der Waals surface area contributed by atoms with E-state index in [1.54, 1.807) is 7.05 Å². The Morgan fingerprint density at radius 2 is 1.84 bits per heavy atom. The number of nitrogens with two attached hydrogens (primary N) is 1. The van der Waals surface area contributed by atoms with E-state index in [1.807, 2.05) is 20.8 Å². The van der Waals surface area contributed by atoms with Crippen LogP contribution in [-0.2, 0) is 9.53 Å². The van der Waals surface area contributed by atoms with Gasteiger partial charge in [-0.05, 0) is 40.0 Å². The number of hydrogen-bond acceptors (Lipinski definition) is 4. The number of carboxylic acids is 1. The van der Waals surface area contributed by atoms with Gasteiger partial charge in [0.05, 0.1) is 0 Å². The van der Waals surface area contributed by atoms with Gasteiger partial charge in [0.1, 0.15) is 11.6 Å². The number of rotatable bonds is 6. The van der Waals surface area contributed by atoms with Crippen molar-refractivity contribution in [2.24, 2.45) is 5.73 Å². The van der Waals surface area contributed by atoms with Crippen molar-refractivity contribution in [3.05, 3.63) is 0 Å². The van der Waals surface area contributed by atoms with E-state index in [9.17, 15) is 9.59 Å². The zero-order chi connectivity index (χ0) is 14.3. The third-order valence-electron chi connectivity index (χ3n) is 2.28. The van der Waals surface area contributed by atoms with Gasteiger partial charge in [-0.2, -0.15) is 0 Å². The number of unbranched alkanes of at least 4 members (excludes halogenated alkanes) is 1. The van der Waals surface area contributed by atoms with Crippen LogP contribution >= 0.6 is 12.4 Å². The molecule has 0 saturated heterocycles. The van der Waals surface area contributed by atoms with E-state index < -0.39 is 17.6 Å². The lowest BCUT2D eigenvalue weighted by Gasteiger charge is -2.24. The third-order valence-corrected chi connectivity index (χ3v) is 2.28. The van der Waals surface area contributed by atoms with Crippen LogP contribution in [0.5, 0.6) is 0 Å². The van der Waals surface area contributed by atoms with Crippen LogP contribution in [0, 0.1) is 0 Å². The van der Waals surface area contributed by atoms with E-state index in [1.165, 1.54) is 4.90 Å². The zero-order valence-electron chi connectivity index (χ0n) is 12.0. The van der Waals surface area contributed by atoms with Crippen molar-refractivity contribution < 1.29 is 19.4 Å². The molecule has 0 unspecified atom stereocenters. The monoisotopic (exact) mass is 296 g/mol. The molecule has 0 aromatic carbocycles. The van der Waals surface area contributed by atoms with E-state index in [4.69, 9.17) is 15.6 Å². The van der Waals surface area contributed by atoms with Crippen LogP contribution in [-0.4, -0.2) is 47.3 Å². The summed E-state index contributed by atoms with van der Waals surface area (Å²) in [4.78, 5) is 23.5. The van der Waals surface area contributed by atoms with Crippen molar-refractivity contribution in [2.45, 2.75) is 51.7 Å². The maximum Gasteiger partial charge on any atom is 0.410 e. The van der Waals surface area contributed by atoms with Crippen LogP contribution in [0.3, 0.4) is 0 Å². The number of amides is 1. The van der Waals surface area contributed by atoms with Gasteiger partial charge in [-0.3, -0.25) is 4.79 Å². The topological polar surface area (TPSA) is 92.9 Å². The first-order chi connectivity index (χ1) is 8.13. The molecule has 0 rings (SSSR count). The summed E-state index contributed by atoms with van der Waals surface area (Å²) in [6, 6.07) is -0.822. The Labute approximate surface area is 120 Å². The van der Waals surface area contributed by atoms with Crippen molar-refractivity contribution in [3.63, 3.8) is 0 Å². The van der Waals surface area contributed by atoms with Gasteiger partial charge < -0.3 is 20.5 Å². The minimum atomic E-state index is -0.990. The van der Waals surface area contributed by atoms with Crippen molar-refractivity contribution >= 4 is 24.5 Å². The maximum absolute atomic E-state index is 11.6. The summed E-state index contributed by atoms with van der Waals surface area (Å²) in [6.07, 6.45) is 1.42. The van der Waals surface area contributed by atoms with Gasteiger partial charge in [0, 0.05) is 13.6 Å². The number of nitrogens with zero attached hydrogens (tertiary/aromatic N) is 1. The number of aliphatic carboxylic acids is 1. The lowest BCUT2D eigenvalue weighted by Crippen LogP contribution is -2.35. The van der Waals surface area contributed by atoms with Crippen molar-refractivity contribution in [2.75, 3.05) is 13.6 Å². The van der Waals surface area contributed by atoms with E-state index in [2.05, 4.69) is 0 Å². The van der Waals surface area contributed by atoms with Crippen molar-refractivity contribution in [1.29, 1.82) is 0 Å². The summed E-state index contributed by atoms with van der Waals surface area (Å²) < 4.78 is 5.18. The summed E-state index contributed by atoms with van der Waals surface area (Å²) in [6.45, 7) is 5.96. The summed E-state index contributed by atoms with van der Waals surface area (Å²) >= 11 is 0. The second-order valence-corrected chi connectivity index (χ2v) is 5.34. The minimum Gasteiger partial charge on any atom is -0.480 e. The Hall–Kier alpha value is -1.01. The molecule has 3 N–H and O–H groups in total. The van der Waals surface area contributed by atoms with Gasteiger partial charge in [0.25, 0.3) is 0 Å². The van der Waals surface area contributed by atoms with E-state index >= 15 is 0 Å². The highest BCUT2D eigenvalue weighted by Gasteiger charge is 2.19. The molecule has 0 aliphatic rings. The standard InChI is InChI=1S/C12H24N2O4.ClH/c1-12(2,3)18-11(17)14(4)8-6-5-7-9(13)10(15)16;/h9H,5-8,13H2,1-4H3,(H,15,16);1H/t9-;/m0./s1. The van der Waals surface area contributed by atoms with Crippen LogP contribution in [0.15, 0.2) is 0 Å². The Kier molecular flexibility index (Phi) is 9.60. The second-order valence-electron chi connectivity index (χ2n) is 5.34. The van der Waals surface area contributed by atoms with Crippen LogP contribution < -0.4 is 5.73 Å². The van der Waals surface area contributed by atoms with Crippen LogP contribution in [0.4, 0.5) is 4.79 Å². The molecule has 114 valence electrons. The minimum absolute atomic E-state index is 0. The fourth-order valence-electron chi connectivity index (χ4n) is 1.27. The first kappa shape index (κ1) is 20.3. The Morgan fingerprint density at radius 3 is 2.26 bits per heavy atom. The van der Waals surface area contributed by atoms with Gasteiger partial charge in [0.2, 0.25) is 0 Å². The fourth-order valence-corrected chi connectivity index (χ4v) is 1.27. The molecule has 0 aromatic rings. The highest BCUT2D eigenvalue weighted by atomic mass is 35.5. The molecule has 0 fully saturated rings. The first-order valence-corrected chi connectivity index (χ1v) is 6.06. The smallest absolute Gasteiger partial charge is 0.410 e. The summed E-state index contributed by atoms with van der Waals surface area (Å²) in [5.74, 6) is -0.990. The highest BCUT2D eigenvalue weighted by Crippen LogP contribution is 2.09. The molecule has 1 amide bonds. The number of carbonyl (C=O) groups excluding carboxylic acids is 1. The van der Waals surface area contributed by atoms with E-state index in [0.29, 0.717) is 25.8 Å². The largest absolute Gasteiger partial charge is 0.480 e. The maximum atomic E-state index is 11.6. The molecule has 0 aromatic heterocycles. The lowest BCUT2D eigenvalue weighted by atomic mass is 10.1. The number of ether oxygens (including phenoxy) is 1. The molecule has 19 heavy (non-hydrogen) atoms. The Balaban J connectivity index is 0. The quantitative estimate of drug-likeness (QED) is 0.730. The molecule has 0 aliphatic heterocycles. The molecule has 0 radical (unpaired) electrons. The average Bonchev–Trinajstić information content (AvgIpc) is 2.20. The lowest BCUT2D eigenvalue weighted by molar-refractivity contribution is -0.138. The predicted octanol–water partition coefficient (Wildman–Crippen LogP) is 1.86. The van der Waals surface area contributed by atoms with Gasteiger partial charge in [-0.25, -0.2) is 4.79 Å². The van der Waals surface area contributed by atoms with Crippen LogP contribution in [0.25, 0.3) is 0 Å². The Bertz CT molecular complexity index is 292. The highest BCUT2D eigenvalue weighted by molar-refractivity contribution is 5.85. The summed E-state index contributed by atoms with van der Waals surface area (Å²) in [5.41, 5.74) is 4.87. The molecular formula is C12H25ClN2O4. The summed E-state index contributed by atoms with van der Waals surface area (Å²) in [7, 11) is 1.66. The molecule has 0 heterocycles. The third kappa shape index (κ3) is 10.6. The molecule has 0 spiro atoms. The number of carboxylic acid groups (broad SMARTS) is 1. The number of hydrogen-bond donors (Lipinski definition) is 2. The van der Waals surface area contributed by atoms with Gasteiger partial charge >= 0.3 is 12.1 Å². The van der Waals surface area contributed by atoms with Crippen LogP contribution in [0.2, 0.25) is 0 Å². The van der Waals surface area contributed by atoms with Crippen LogP contribution in [0.1, 0.15) is 40.0 Å². The summed E-state index contributed by atoms with van der Waals surface area (Å²) in [5, 5.41) is 8.60. The van der Waals surface area contributed by atoms with Crippen molar-refractivity contribution in [1.82, 2.24) is 4.90 Å².